The predicted octanol–water partition coefficient (Wildman–Crippen LogP) is 4.75. The number of methoxy groups -OCH3 is 1. The number of aromatic amines is 1. The van der Waals surface area contributed by atoms with Gasteiger partial charge in [0.05, 0.1) is 18.5 Å². The molecule has 0 unspecified atom stereocenters. The minimum absolute atomic E-state index is 0.355. The molecule has 2 aromatic carbocycles. The lowest BCUT2D eigenvalue weighted by Gasteiger charge is -2.10. The van der Waals surface area contributed by atoms with Crippen LogP contribution in [0.4, 0.5) is 20.6 Å². The molecule has 3 aromatic rings. The molecule has 0 radical (unpaired) electrons. The zero-order chi connectivity index (χ0) is 18.8. The molecule has 27 heavy (non-hydrogen) atoms. The Labute approximate surface area is 155 Å². The second-order valence-corrected chi connectivity index (χ2v) is 6.45. The number of anilines is 2. The molecule has 2 amide bonds. The lowest BCUT2D eigenvalue weighted by Crippen LogP contribution is -2.20. The number of carbonyl (C=O) groups excluding carboxylic acids is 1. The van der Waals surface area contributed by atoms with Gasteiger partial charge < -0.3 is 15.4 Å². The number of aromatic nitrogens is 2. The number of H-pyrrole nitrogens is 1. The van der Waals surface area contributed by atoms with Crippen LogP contribution in [0.25, 0.3) is 11.3 Å². The number of halogens is 1. The fourth-order valence-corrected chi connectivity index (χ4v) is 2.94. The average Bonchev–Trinajstić information content (AvgIpc) is 3.44. The van der Waals surface area contributed by atoms with Crippen molar-refractivity contribution in [2.24, 2.45) is 0 Å². The zero-order valence-corrected chi connectivity index (χ0v) is 14.8. The maximum atomic E-state index is 13.0. The number of hydrogen-bond acceptors (Lipinski definition) is 3. The first-order valence-electron chi connectivity index (χ1n) is 8.70. The smallest absolute Gasteiger partial charge is 0.323 e. The van der Waals surface area contributed by atoms with E-state index in [1.807, 2.05) is 24.3 Å². The summed E-state index contributed by atoms with van der Waals surface area (Å²) in [5.41, 5.74) is 3.58. The van der Waals surface area contributed by atoms with Gasteiger partial charge >= 0.3 is 6.03 Å². The second kappa shape index (κ2) is 7.11. The Hall–Kier alpha value is -3.35. The van der Waals surface area contributed by atoms with Crippen molar-refractivity contribution in [1.82, 2.24) is 10.2 Å². The van der Waals surface area contributed by atoms with Crippen LogP contribution in [0.2, 0.25) is 0 Å². The summed E-state index contributed by atoms with van der Waals surface area (Å²) in [4.78, 5) is 12.5. The lowest BCUT2D eigenvalue weighted by molar-refractivity contribution is 0.262. The van der Waals surface area contributed by atoms with Crippen molar-refractivity contribution in [3.8, 4) is 17.0 Å². The van der Waals surface area contributed by atoms with Crippen LogP contribution in [-0.4, -0.2) is 23.3 Å². The van der Waals surface area contributed by atoms with Crippen molar-refractivity contribution in [2.75, 3.05) is 17.7 Å². The van der Waals surface area contributed by atoms with Gasteiger partial charge in [-0.2, -0.15) is 5.10 Å². The Balaban J connectivity index is 1.61. The van der Waals surface area contributed by atoms with E-state index in [0.29, 0.717) is 28.7 Å². The number of urea groups is 1. The molecule has 0 atom stereocenters. The van der Waals surface area contributed by atoms with Crippen molar-refractivity contribution in [2.45, 2.75) is 18.8 Å². The van der Waals surface area contributed by atoms with E-state index < -0.39 is 6.03 Å². The number of hydrogen-bond donors (Lipinski definition) is 3. The van der Waals surface area contributed by atoms with Gasteiger partial charge in [-0.15, -0.1) is 0 Å². The quantitative estimate of drug-likeness (QED) is 0.610. The summed E-state index contributed by atoms with van der Waals surface area (Å²) < 4.78 is 18.3. The predicted molar refractivity (Wildman–Crippen MR) is 102 cm³/mol. The van der Waals surface area contributed by atoms with E-state index in [0.717, 1.165) is 24.1 Å². The van der Waals surface area contributed by atoms with E-state index >= 15 is 0 Å². The van der Waals surface area contributed by atoms with E-state index in [4.69, 9.17) is 4.74 Å². The first-order chi connectivity index (χ1) is 13.1. The Bertz CT molecular complexity index is 964. The van der Waals surface area contributed by atoms with Crippen LogP contribution in [-0.2, 0) is 0 Å². The molecular weight excluding hydrogens is 347 g/mol. The minimum Gasteiger partial charge on any atom is -0.497 e. The van der Waals surface area contributed by atoms with Crippen molar-refractivity contribution in [3.63, 3.8) is 0 Å². The van der Waals surface area contributed by atoms with Gasteiger partial charge in [0.25, 0.3) is 0 Å². The summed E-state index contributed by atoms with van der Waals surface area (Å²) in [6, 6.07) is 12.7. The molecular formula is C20H19FN4O2. The van der Waals surface area contributed by atoms with E-state index in [2.05, 4.69) is 20.8 Å². The number of nitrogens with zero attached hydrogens (tertiary/aromatic N) is 1. The maximum absolute atomic E-state index is 13.0. The number of nitrogens with one attached hydrogen (secondary N) is 3. The third kappa shape index (κ3) is 3.76. The lowest BCUT2D eigenvalue weighted by atomic mass is 10.1. The molecule has 0 bridgehead atoms. The van der Waals surface area contributed by atoms with Crippen LogP contribution in [0.1, 0.15) is 24.5 Å². The van der Waals surface area contributed by atoms with E-state index in [-0.39, 0.29) is 5.82 Å². The Kier molecular flexibility index (Phi) is 4.50. The van der Waals surface area contributed by atoms with E-state index in [1.165, 1.54) is 24.3 Å². The minimum atomic E-state index is -0.408. The summed E-state index contributed by atoms with van der Waals surface area (Å²) in [6.07, 6.45) is 2.13. The van der Waals surface area contributed by atoms with Gasteiger partial charge in [-0.05, 0) is 49.2 Å². The second-order valence-electron chi connectivity index (χ2n) is 6.45. The third-order valence-corrected chi connectivity index (χ3v) is 4.46. The molecule has 1 saturated carbocycles. The van der Waals surface area contributed by atoms with Crippen LogP contribution >= 0.6 is 0 Å². The Morgan fingerprint density at radius 2 is 1.96 bits per heavy atom. The fourth-order valence-electron chi connectivity index (χ4n) is 2.94. The molecule has 1 aliphatic rings. The normalized spacial score (nSPS) is 13.3. The topological polar surface area (TPSA) is 79.0 Å². The molecule has 4 rings (SSSR count). The first-order valence-corrected chi connectivity index (χ1v) is 8.70. The van der Waals surface area contributed by atoms with Crippen LogP contribution in [0.5, 0.6) is 5.75 Å². The SMILES string of the molecule is COc1cccc(-c2n[nH]c(C3CC3)c2NC(=O)Nc2ccc(F)cc2)c1. The highest BCUT2D eigenvalue weighted by Crippen LogP contribution is 2.45. The van der Waals surface area contributed by atoms with Gasteiger partial charge in [0.1, 0.15) is 17.3 Å². The number of amides is 2. The monoisotopic (exact) mass is 366 g/mol. The zero-order valence-electron chi connectivity index (χ0n) is 14.8. The van der Waals surface area contributed by atoms with Crippen molar-refractivity contribution < 1.29 is 13.9 Å². The molecule has 1 heterocycles. The van der Waals surface area contributed by atoms with Gasteiger partial charge in [-0.1, -0.05) is 12.1 Å². The van der Waals surface area contributed by atoms with Crippen molar-refractivity contribution in [1.29, 1.82) is 0 Å². The average molecular weight is 366 g/mol. The standard InChI is InChI=1S/C20H19FN4O2/c1-27-16-4-2-3-13(11-16)18-19(17(24-25-18)12-5-6-12)23-20(26)22-15-9-7-14(21)8-10-15/h2-4,7-12H,5-6H2,1H3,(H,24,25)(H2,22,23,26). The molecule has 1 fully saturated rings. The summed E-state index contributed by atoms with van der Waals surface area (Å²) in [5.74, 6) is 0.732. The molecule has 1 aromatic heterocycles. The van der Waals surface area contributed by atoms with E-state index in [1.54, 1.807) is 7.11 Å². The fraction of sp³-hybridized carbons (Fsp3) is 0.200. The molecule has 138 valence electrons. The van der Waals surface area contributed by atoms with Gasteiger partial charge in [-0.25, -0.2) is 9.18 Å². The highest BCUT2D eigenvalue weighted by molar-refractivity contribution is 6.02. The molecule has 0 aliphatic heterocycles. The van der Waals surface area contributed by atoms with Gasteiger partial charge in [0.15, 0.2) is 0 Å². The van der Waals surface area contributed by atoms with Crippen LogP contribution in [0.3, 0.4) is 0 Å². The summed E-state index contributed by atoms with van der Waals surface area (Å²) in [5, 5.41) is 13.1. The van der Waals surface area contributed by atoms with E-state index in [9.17, 15) is 9.18 Å². The van der Waals surface area contributed by atoms with Crippen LogP contribution in [0.15, 0.2) is 48.5 Å². The molecule has 1 aliphatic carbocycles. The molecule has 0 saturated heterocycles. The molecule has 6 nitrogen and oxygen atoms in total. The van der Waals surface area contributed by atoms with Crippen molar-refractivity contribution in [3.05, 3.63) is 60.0 Å². The van der Waals surface area contributed by atoms with Crippen LogP contribution in [0, 0.1) is 5.82 Å². The largest absolute Gasteiger partial charge is 0.497 e. The third-order valence-electron chi connectivity index (χ3n) is 4.46. The molecule has 3 N–H and O–H groups in total. The molecule has 7 heteroatoms. The first kappa shape index (κ1) is 17.1. The highest BCUT2D eigenvalue weighted by Gasteiger charge is 2.31. The van der Waals surface area contributed by atoms with Crippen molar-refractivity contribution >= 4 is 17.4 Å². The summed E-state index contributed by atoms with van der Waals surface area (Å²) in [6.45, 7) is 0. The number of benzene rings is 2. The van der Waals surface area contributed by atoms with Gasteiger partial charge in [0.2, 0.25) is 0 Å². The Morgan fingerprint density at radius 3 is 2.67 bits per heavy atom. The number of ether oxygens (including phenoxy) is 1. The summed E-state index contributed by atoms with van der Waals surface area (Å²) in [7, 11) is 1.61. The Morgan fingerprint density at radius 1 is 1.19 bits per heavy atom. The maximum Gasteiger partial charge on any atom is 0.323 e. The number of rotatable bonds is 5. The summed E-state index contributed by atoms with van der Waals surface area (Å²) >= 11 is 0. The number of carbonyl (C=O) groups is 1. The highest BCUT2D eigenvalue weighted by atomic mass is 19.1. The van der Waals surface area contributed by atoms with Gasteiger partial charge in [-0.3, -0.25) is 5.10 Å². The van der Waals surface area contributed by atoms with Crippen LogP contribution < -0.4 is 15.4 Å². The molecule has 0 spiro atoms. The van der Waals surface area contributed by atoms with Gasteiger partial charge in [0, 0.05) is 17.2 Å².